The molecule has 0 bridgehead atoms. The van der Waals surface area contributed by atoms with E-state index in [1.165, 1.54) is 5.56 Å². The predicted molar refractivity (Wildman–Crippen MR) is 139 cm³/mol. The summed E-state index contributed by atoms with van der Waals surface area (Å²) in [6.45, 7) is 5.77. The van der Waals surface area contributed by atoms with Crippen LogP contribution in [0.3, 0.4) is 0 Å². The van der Waals surface area contributed by atoms with Gasteiger partial charge in [-0.25, -0.2) is 4.68 Å². The lowest BCUT2D eigenvalue weighted by atomic mass is 10.1. The molecule has 0 aliphatic carbocycles. The minimum Gasteiger partial charge on any atom is -0.454 e. The van der Waals surface area contributed by atoms with Crippen LogP contribution < -0.4 is 14.8 Å². The number of halogens is 1. The molecule has 9 heteroatoms. The largest absolute Gasteiger partial charge is 0.454 e. The van der Waals surface area contributed by atoms with Crippen LogP contribution in [0.1, 0.15) is 11.1 Å². The van der Waals surface area contributed by atoms with Crippen molar-refractivity contribution in [2.45, 2.75) is 13.1 Å². The van der Waals surface area contributed by atoms with Gasteiger partial charge in [-0.05, 0) is 29.8 Å². The van der Waals surface area contributed by atoms with Crippen molar-refractivity contribution in [3.63, 3.8) is 0 Å². The third-order valence-corrected chi connectivity index (χ3v) is 5.83. The normalized spacial score (nSPS) is 15.9. The lowest BCUT2D eigenvalue weighted by Gasteiger charge is -2.36. The van der Waals surface area contributed by atoms with Gasteiger partial charge in [0.05, 0.1) is 11.9 Å². The van der Waals surface area contributed by atoms with E-state index < -0.39 is 0 Å². The molecule has 174 valence electrons. The van der Waals surface area contributed by atoms with Gasteiger partial charge in [0.15, 0.2) is 17.5 Å². The lowest BCUT2D eigenvalue weighted by Crippen LogP contribution is -2.52. The van der Waals surface area contributed by atoms with Crippen molar-refractivity contribution < 1.29 is 9.47 Å². The van der Waals surface area contributed by atoms with Crippen LogP contribution in [0.2, 0.25) is 0 Å². The Morgan fingerprint density at radius 2 is 1.79 bits per heavy atom. The molecule has 8 nitrogen and oxygen atoms in total. The van der Waals surface area contributed by atoms with Crippen molar-refractivity contribution in [3.05, 3.63) is 72.1 Å². The van der Waals surface area contributed by atoms with Gasteiger partial charge in [0, 0.05) is 58.1 Å². The highest BCUT2D eigenvalue weighted by atomic mass is 127. The molecule has 3 aromatic rings. The monoisotopic (exact) mass is 560 g/mol. The standard InChI is InChI=1S/C24H28N6O2.HI/c1-25-24(26-14-20-15-27-30(17-20)21-5-3-2-4-6-21)29-11-9-28(10-12-29)16-19-7-8-22-23(13-19)32-18-31-22;/h2-8,13,15,17H,9-12,14,16,18H2,1H3,(H,25,26);1H. The molecule has 0 unspecified atom stereocenters. The van der Waals surface area contributed by atoms with Crippen molar-refractivity contribution in [2.75, 3.05) is 40.0 Å². The van der Waals surface area contributed by atoms with Gasteiger partial charge in [-0.15, -0.1) is 24.0 Å². The number of para-hydroxylation sites is 1. The molecule has 33 heavy (non-hydrogen) atoms. The number of aromatic nitrogens is 2. The Labute approximate surface area is 211 Å². The van der Waals surface area contributed by atoms with Crippen LogP contribution >= 0.6 is 24.0 Å². The Bertz CT molecular complexity index is 1080. The zero-order valence-corrected chi connectivity index (χ0v) is 21.0. The maximum Gasteiger partial charge on any atom is 0.231 e. The van der Waals surface area contributed by atoms with Gasteiger partial charge in [-0.2, -0.15) is 5.10 Å². The van der Waals surface area contributed by atoms with Crippen molar-refractivity contribution in [1.82, 2.24) is 24.9 Å². The highest BCUT2D eigenvalue weighted by Gasteiger charge is 2.21. The minimum atomic E-state index is 0. The number of aliphatic imine (C=N–C) groups is 1. The van der Waals surface area contributed by atoms with E-state index in [1.807, 2.05) is 54.3 Å². The van der Waals surface area contributed by atoms with E-state index in [4.69, 9.17) is 9.47 Å². The van der Waals surface area contributed by atoms with E-state index >= 15 is 0 Å². The summed E-state index contributed by atoms with van der Waals surface area (Å²) in [4.78, 5) is 9.28. The summed E-state index contributed by atoms with van der Waals surface area (Å²) in [5.41, 5.74) is 3.43. The highest BCUT2D eigenvalue weighted by molar-refractivity contribution is 14.0. The van der Waals surface area contributed by atoms with E-state index in [9.17, 15) is 0 Å². The summed E-state index contributed by atoms with van der Waals surface area (Å²) in [5, 5.41) is 7.96. The second-order valence-electron chi connectivity index (χ2n) is 7.98. The second kappa shape index (κ2) is 10.9. The lowest BCUT2D eigenvalue weighted by molar-refractivity contribution is 0.171. The van der Waals surface area contributed by atoms with Crippen LogP contribution in [-0.2, 0) is 13.1 Å². The average Bonchev–Trinajstić information content (AvgIpc) is 3.50. The van der Waals surface area contributed by atoms with Crippen LogP contribution in [0.25, 0.3) is 5.69 Å². The van der Waals surface area contributed by atoms with Gasteiger partial charge in [-0.1, -0.05) is 24.3 Å². The Kier molecular flexibility index (Phi) is 7.71. The van der Waals surface area contributed by atoms with Crippen molar-refractivity contribution in [2.24, 2.45) is 4.99 Å². The fourth-order valence-corrected chi connectivity index (χ4v) is 4.10. The molecule has 0 spiro atoms. The maximum absolute atomic E-state index is 5.50. The van der Waals surface area contributed by atoms with E-state index in [0.29, 0.717) is 13.3 Å². The summed E-state index contributed by atoms with van der Waals surface area (Å²) in [6, 6.07) is 16.3. The summed E-state index contributed by atoms with van der Waals surface area (Å²) in [6.07, 6.45) is 3.95. The third-order valence-electron chi connectivity index (χ3n) is 5.83. The molecule has 2 aromatic carbocycles. The molecule has 3 heterocycles. The van der Waals surface area contributed by atoms with Crippen molar-refractivity contribution in [3.8, 4) is 17.2 Å². The molecule has 1 N–H and O–H groups in total. The molecular formula is C24H29IN6O2. The Morgan fingerprint density at radius 1 is 1.00 bits per heavy atom. The molecule has 2 aliphatic heterocycles. The topological polar surface area (TPSA) is 67.2 Å². The fraction of sp³-hybridized carbons (Fsp3) is 0.333. The molecule has 2 aliphatic rings. The minimum absolute atomic E-state index is 0. The number of ether oxygens (including phenoxy) is 2. The first-order valence-electron chi connectivity index (χ1n) is 10.9. The first kappa shape index (κ1) is 23.4. The Balaban J connectivity index is 0.00000259. The number of fused-ring (bicyclic) bond motifs is 1. The second-order valence-corrected chi connectivity index (χ2v) is 7.98. The predicted octanol–water partition coefficient (Wildman–Crippen LogP) is 3.11. The van der Waals surface area contributed by atoms with Gasteiger partial charge in [0.25, 0.3) is 0 Å². The van der Waals surface area contributed by atoms with Gasteiger partial charge >= 0.3 is 0 Å². The molecule has 1 fully saturated rings. The van der Waals surface area contributed by atoms with Gasteiger partial charge < -0.3 is 19.7 Å². The van der Waals surface area contributed by atoms with E-state index in [1.54, 1.807) is 0 Å². The smallest absolute Gasteiger partial charge is 0.231 e. The van der Waals surface area contributed by atoms with E-state index in [2.05, 4.69) is 43.5 Å². The van der Waals surface area contributed by atoms with Crippen LogP contribution in [0.15, 0.2) is 65.9 Å². The number of hydrogen-bond donors (Lipinski definition) is 1. The van der Waals surface area contributed by atoms with E-state index in [-0.39, 0.29) is 24.0 Å². The first-order valence-corrected chi connectivity index (χ1v) is 10.9. The number of guanidine groups is 1. The van der Waals surface area contributed by atoms with Crippen molar-refractivity contribution >= 4 is 29.9 Å². The zero-order chi connectivity index (χ0) is 21.8. The molecule has 5 rings (SSSR count). The van der Waals surface area contributed by atoms with Crippen LogP contribution in [0, 0.1) is 0 Å². The summed E-state index contributed by atoms with van der Waals surface area (Å²) in [7, 11) is 1.84. The van der Waals surface area contributed by atoms with Gasteiger partial charge in [0.2, 0.25) is 6.79 Å². The number of nitrogens with zero attached hydrogens (tertiary/aromatic N) is 5. The van der Waals surface area contributed by atoms with Crippen LogP contribution in [0.4, 0.5) is 0 Å². The molecule has 1 saturated heterocycles. The number of rotatable bonds is 5. The van der Waals surface area contributed by atoms with Crippen LogP contribution in [0.5, 0.6) is 11.5 Å². The van der Waals surface area contributed by atoms with Gasteiger partial charge in [-0.3, -0.25) is 9.89 Å². The molecule has 0 atom stereocenters. The quantitative estimate of drug-likeness (QED) is 0.294. The third kappa shape index (κ3) is 5.59. The van der Waals surface area contributed by atoms with Crippen molar-refractivity contribution in [1.29, 1.82) is 0 Å². The highest BCUT2D eigenvalue weighted by Crippen LogP contribution is 2.32. The molecule has 0 amide bonds. The summed E-state index contributed by atoms with van der Waals surface area (Å²) in [5.74, 6) is 2.62. The Morgan fingerprint density at radius 3 is 2.58 bits per heavy atom. The molecule has 0 radical (unpaired) electrons. The Hall–Kier alpha value is -2.79. The number of hydrogen-bond acceptors (Lipinski definition) is 5. The van der Waals surface area contributed by atoms with E-state index in [0.717, 1.165) is 61.4 Å². The molecular weight excluding hydrogens is 531 g/mol. The zero-order valence-electron chi connectivity index (χ0n) is 18.7. The molecule has 0 saturated carbocycles. The molecule has 1 aromatic heterocycles. The summed E-state index contributed by atoms with van der Waals surface area (Å²) < 4.78 is 12.8. The fourth-order valence-electron chi connectivity index (χ4n) is 4.10. The van der Waals surface area contributed by atoms with Gasteiger partial charge in [0.1, 0.15) is 0 Å². The first-order chi connectivity index (χ1) is 15.8. The number of benzene rings is 2. The number of nitrogens with one attached hydrogen (secondary N) is 1. The van der Waals surface area contributed by atoms with Crippen LogP contribution in [-0.4, -0.2) is 65.6 Å². The average molecular weight is 560 g/mol. The number of piperazine rings is 1. The SMILES string of the molecule is CN=C(NCc1cnn(-c2ccccc2)c1)N1CCN(Cc2ccc3c(c2)OCO3)CC1.I. The maximum atomic E-state index is 5.50. The summed E-state index contributed by atoms with van der Waals surface area (Å²) >= 11 is 0.